The predicted octanol–water partition coefficient (Wildman–Crippen LogP) is 3.30. The molecule has 1 aromatic carbocycles. The van der Waals surface area contributed by atoms with E-state index in [9.17, 15) is 4.79 Å². The van der Waals surface area contributed by atoms with Crippen LogP contribution in [-0.2, 0) is 4.74 Å². The highest BCUT2D eigenvalue weighted by molar-refractivity contribution is 5.89. The van der Waals surface area contributed by atoms with Gasteiger partial charge in [-0.2, -0.15) is 0 Å². The molecule has 0 radical (unpaired) electrons. The first kappa shape index (κ1) is 10.6. The molecule has 0 bridgehead atoms. The van der Waals surface area contributed by atoms with E-state index in [-0.39, 0.29) is 5.97 Å². The fourth-order valence-electron chi connectivity index (χ4n) is 3.12. The molecule has 2 aliphatic rings. The topological polar surface area (TPSA) is 26.3 Å². The van der Waals surface area contributed by atoms with Crippen LogP contribution in [0.15, 0.2) is 36.4 Å². The number of rotatable bonds is 2. The molecule has 0 aromatic heterocycles. The zero-order valence-corrected chi connectivity index (χ0v) is 10.0. The van der Waals surface area contributed by atoms with Crippen LogP contribution in [0.25, 0.3) is 0 Å². The van der Waals surface area contributed by atoms with Crippen molar-refractivity contribution >= 4 is 5.97 Å². The monoisotopic (exact) mass is 228 g/mol. The number of hydrogen-bond acceptors (Lipinski definition) is 2. The lowest BCUT2D eigenvalue weighted by Crippen LogP contribution is -2.17. The molecule has 17 heavy (non-hydrogen) atoms. The summed E-state index contributed by atoms with van der Waals surface area (Å²) in [6, 6.07) is 7.85. The van der Waals surface area contributed by atoms with Crippen molar-refractivity contribution < 1.29 is 9.53 Å². The normalized spacial score (nSPS) is 24.3. The number of carbonyl (C=O) groups excluding carboxylic acids is 1. The molecule has 1 atom stereocenters. The van der Waals surface area contributed by atoms with Crippen LogP contribution in [0.4, 0.5) is 0 Å². The molecule has 88 valence electrons. The van der Waals surface area contributed by atoms with E-state index in [0.717, 1.165) is 0 Å². The molecule has 2 fully saturated rings. The van der Waals surface area contributed by atoms with E-state index in [0.29, 0.717) is 16.9 Å². The summed E-state index contributed by atoms with van der Waals surface area (Å²) in [4.78, 5) is 11.3. The summed E-state index contributed by atoms with van der Waals surface area (Å²) >= 11 is 0. The van der Waals surface area contributed by atoms with E-state index in [1.165, 1.54) is 37.5 Å². The van der Waals surface area contributed by atoms with Crippen LogP contribution in [0, 0.1) is 5.41 Å². The summed E-state index contributed by atoms with van der Waals surface area (Å²) in [6.45, 7) is 4.01. The molecule has 1 spiro atoms. The third kappa shape index (κ3) is 1.59. The van der Waals surface area contributed by atoms with Crippen molar-refractivity contribution in [1.82, 2.24) is 0 Å². The second-order valence-corrected chi connectivity index (χ2v) is 5.34. The fraction of sp³-hybridized carbons (Fsp3) is 0.400. The van der Waals surface area contributed by atoms with Crippen LogP contribution in [0.5, 0.6) is 0 Å². The Kier molecular flexibility index (Phi) is 2.15. The Bertz CT molecular complexity index is 476. The van der Waals surface area contributed by atoms with Gasteiger partial charge in [0.05, 0.1) is 12.7 Å². The first-order chi connectivity index (χ1) is 8.14. The van der Waals surface area contributed by atoms with Crippen LogP contribution in [0.3, 0.4) is 0 Å². The summed E-state index contributed by atoms with van der Waals surface area (Å²) < 4.78 is 4.69. The molecule has 0 aliphatic heterocycles. The van der Waals surface area contributed by atoms with E-state index in [1.54, 1.807) is 0 Å². The van der Waals surface area contributed by atoms with Crippen molar-refractivity contribution in [3.05, 3.63) is 47.5 Å². The number of carbonyl (C=O) groups is 1. The first-order valence-electron chi connectivity index (χ1n) is 5.99. The van der Waals surface area contributed by atoms with Gasteiger partial charge in [0.15, 0.2) is 0 Å². The average Bonchev–Trinajstić information content (AvgIpc) is 3.03. The second-order valence-electron chi connectivity index (χ2n) is 5.34. The second kappa shape index (κ2) is 3.46. The summed E-state index contributed by atoms with van der Waals surface area (Å²) in [5, 5.41) is 0. The predicted molar refractivity (Wildman–Crippen MR) is 65.9 cm³/mol. The summed E-state index contributed by atoms with van der Waals surface area (Å²) in [5.41, 5.74) is 3.90. The molecular formula is C15H16O2. The number of methoxy groups -OCH3 is 1. The van der Waals surface area contributed by atoms with Crippen molar-refractivity contribution in [2.75, 3.05) is 7.11 Å². The van der Waals surface area contributed by atoms with Crippen molar-refractivity contribution in [1.29, 1.82) is 0 Å². The SMILES string of the molecule is C=C1CC2(C1)CC2c1ccc(C(=O)OC)cc1. The van der Waals surface area contributed by atoms with E-state index in [2.05, 4.69) is 23.4 Å². The minimum Gasteiger partial charge on any atom is -0.465 e. The third-order valence-corrected chi connectivity index (χ3v) is 4.13. The van der Waals surface area contributed by atoms with E-state index < -0.39 is 0 Å². The molecular weight excluding hydrogens is 212 g/mol. The fourth-order valence-corrected chi connectivity index (χ4v) is 3.12. The van der Waals surface area contributed by atoms with E-state index in [1.807, 2.05) is 12.1 Å². The maximum absolute atomic E-state index is 11.3. The van der Waals surface area contributed by atoms with Crippen molar-refractivity contribution in [3.8, 4) is 0 Å². The number of esters is 1. The Hall–Kier alpha value is -1.57. The van der Waals surface area contributed by atoms with Gasteiger partial charge in [0.1, 0.15) is 0 Å². The lowest BCUT2D eigenvalue weighted by molar-refractivity contribution is 0.0600. The van der Waals surface area contributed by atoms with Crippen LogP contribution in [0.2, 0.25) is 0 Å². The van der Waals surface area contributed by atoms with Gasteiger partial charge in [-0.3, -0.25) is 0 Å². The van der Waals surface area contributed by atoms with Gasteiger partial charge < -0.3 is 4.74 Å². The van der Waals surface area contributed by atoms with Crippen molar-refractivity contribution in [2.24, 2.45) is 5.41 Å². The molecule has 0 heterocycles. The van der Waals surface area contributed by atoms with Gasteiger partial charge in [-0.1, -0.05) is 24.3 Å². The smallest absolute Gasteiger partial charge is 0.337 e. The van der Waals surface area contributed by atoms with Gasteiger partial charge in [-0.15, -0.1) is 0 Å². The van der Waals surface area contributed by atoms with Crippen molar-refractivity contribution in [3.63, 3.8) is 0 Å². The van der Waals surface area contributed by atoms with Gasteiger partial charge in [0, 0.05) is 0 Å². The molecule has 2 saturated carbocycles. The molecule has 0 amide bonds. The Morgan fingerprint density at radius 2 is 2.00 bits per heavy atom. The molecule has 2 aliphatic carbocycles. The van der Waals surface area contributed by atoms with Crippen LogP contribution in [0.1, 0.15) is 41.1 Å². The molecule has 2 heteroatoms. The molecule has 2 nitrogen and oxygen atoms in total. The van der Waals surface area contributed by atoms with Crippen LogP contribution >= 0.6 is 0 Å². The average molecular weight is 228 g/mol. The maximum Gasteiger partial charge on any atom is 0.337 e. The highest BCUT2D eigenvalue weighted by Crippen LogP contribution is 2.71. The summed E-state index contributed by atoms with van der Waals surface area (Å²) in [6.07, 6.45) is 3.66. The van der Waals surface area contributed by atoms with Gasteiger partial charge >= 0.3 is 5.97 Å². The number of benzene rings is 1. The van der Waals surface area contributed by atoms with E-state index in [4.69, 9.17) is 0 Å². The Labute approximate surface area is 101 Å². The zero-order valence-electron chi connectivity index (χ0n) is 10.0. The van der Waals surface area contributed by atoms with Gasteiger partial charge in [-0.25, -0.2) is 4.79 Å². The maximum atomic E-state index is 11.3. The summed E-state index contributed by atoms with van der Waals surface area (Å²) in [7, 11) is 1.41. The lowest BCUT2D eigenvalue weighted by atomic mass is 9.75. The van der Waals surface area contributed by atoms with Gasteiger partial charge in [0.25, 0.3) is 0 Å². The highest BCUT2D eigenvalue weighted by Gasteiger charge is 2.59. The number of ether oxygens (including phenoxy) is 1. The molecule has 3 rings (SSSR count). The quantitative estimate of drug-likeness (QED) is 0.573. The van der Waals surface area contributed by atoms with Crippen LogP contribution in [-0.4, -0.2) is 13.1 Å². The van der Waals surface area contributed by atoms with Gasteiger partial charge in [-0.05, 0) is 48.3 Å². The summed E-state index contributed by atoms with van der Waals surface area (Å²) in [5.74, 6) is 0.416. The standard InChI is InChI=1S/C15H16O2/c1-10-7-15(8-10)9-13(15)11-3-5-12(6-4-11)14(16)17-2/h3-6,13H,1,7-9H2,2H3. The van der Waals surface area contributed by atoms with Crippen LogP contribution < -0.4 is 0 Å². The van der Waals surface area contributed by atoms with E-state index >= 15 is 0 Å². The minimum atomic E-state index is -0.265. The first-order valence-corrected chi connectivity index (χ1v) is 5.99. The number of allylic oxidation sites excluding steroid dienone is 1. The Morgan fingerprint density at radius 3 is 2.53 bits per heavy atom. The Morgan fingerprint density at radius 1 is 1.35 bits per heavy atom. The lowest BCUT2D eigenvalue weighted by Gasteiger charge is -2.30. The highest BCUT2D eigenvalue weighted by atomic mass is 16.5. The molecule has 1 aromatic rings. The zero-order chi connectivity index (χ0) is 12.0. The van der Waals surface area contributed by atoms with Crippen molar-refractivity contribution in [2.45, 2.75) is 25.2 Å². The Balaban J connectivity index is 1.74. The molecule has 0 saturated heterocycles. The minimum absolute atomic E-state index is 0.265. The number of hydrogen-bond donors (Lipinski definition) is 0. The molecule has 1 unspecified atom stereocenters. The van der Waals surface area contributed by atoms with Gasteiger partial charge in [0.2, 0.25) is 0 Å². The third-order valence-electron chi connectivity index (χ3n) is 4.13. The molecule has 0 N–H and O–H groups in total. The largest absolute Gasteiger partial charge is 0.465 e.